The van der Waals surface area contributed by atoms with Crippen LogP contribution in [-0.2, 0) is 10.0 Å². The van der Waals surface area contributed by atoms with Gasteiger partial charge in [-0.05, 0) is 44.0 Å². The normalized spacial score (nSPS) is 23.6. The average Bonchev–Trinajstić information content (AvgIpc) is 3.13. The number of rotatable bonds is 4. The van der Waals surface area contributed by atoms with Crippen molar-refractivity contribution in [3.63, 3.8) is 0 Å². The van der Waals surface area contributed by atoms with Crippen molar-refractivity contribution in [2.24, 2.45) is 0 Å². The van der Waals surface area contributed by atoms with E-state index >= 15 is 0 Å². The third kappa shape index (κ3) is 3.25. The first-order valence-corrected chi connectivity index (χ1v) is 9.29. The van der Waals surface area contributed by atoms with Gasteiger partial charge in [0.1, 0.15) is 0 Å². The van der Waals surface area contributed by atoms with Crippen LogP contribution in [-0.4, -0.2) is 45.8 Å². The molecule has 2 heterocycles. The van der Waals surface area contributed by atoms with Crippen molar-refractivity contribution in [2.75, 3.05) is 29.7 Å². The lowest BCUT2D eigenvalue weighted by Crippen LogP contribution is -2.37. The number of nitrogens with zero attached hydrogens (tertiary/aromatic N) is 1. The van der Waals surface area contributed by atoms with E-state index in [9.17, 15) is 13.2 Å². The number of amides is 1. The molecule has 1 amide bonds. The molecule has 7 heteroatoms. The van der Waals surface area contributed by atoms with Crippen molar-refractivity contribution >= 4 is 21.6 Å². The molecule has 1 unspecified atom stereocenters. The number of hydrogen-bond donors (Lipinski definition) is 2. The first kappa shape index (κ1) is 15.3. The van der Waals surface area contributed by atoms with Crippen LogP contribution < -0.4 is 14.9 Å². The smallest absolute Gasteiger partial charge is 0.251 e. The molecule has 0 radical (unpaired) electrons. The maximum atomic E-state index is 12.2. The fraction of sp³-hybridized carbons (Fsp3) is 0.533. The fourth-order valence-electron chi connectivity index (χ4n) is 2.98. The summed E-state index contributed by atoms with van der Waals surface area (Å²) in [6.45, 7) is 2.09. The molecule has 0 bridgehead atoms. The predicted octanol–water partition coefficient (Wildman–Crippen LogP) is 0.708. The Morgan fingerprint density at radius 2 is 2.23 bits per heavy atom. The van der Waals surface area contributed by atoms with Gasteiger partial charge < -0.3 is 10.6 Å². The van der Waals surface area contributed by atoms with E-state index in [2.05, 4.69) is 10.6 Å². The van der Waals surface area contributed by atoms with E-state index in [1.54, 1.807) is 24.3 Å². The number of sulfonamides is 1. The quantitative estimate of drug-likeness (QED) is 0.855. The molecule has 1 aromatic rings. The van der Waals surface area contributed by atoms with E-state index in [4.69, 9.17) is 0 Å². The van der Waals surface area contributed by atoms with Gasteiger partial charge in [0, 0.05) is 24.7 Å². The molecule has 0 saturated carbocycles. The van der Waals surface area contributed by atoms with Crippen LogP contribution in [0.5, 0.6) is 0 Å². The Morgan fingerprint density at radius 1 is 1.36 bits per heavy atom. The molecule has 2 aliphatic heterocycles. The van der Waals surface area contributed by atoms with Crippen LogP contribution in [0.1, 0.15) is 29.6 Å². The Morgan fingerprint density at radius 3 is 2.91 bits per heavy atom. The van der Waals surface area contributed by atoms with Crippen molar-refractivity contribution in [3.05, 3.63) is 29.8 Å². The minimum absolute atomic E-state index is 0.160. The van der Waals surface area contributed by atoms with Gasteiger partial charge in [-0.15, -0.1) is 0 Å². The molecule has 1 atom stereocenters. The van der Waals surface area contributed by atoms with E-state index in [0.717, 1.165) is 19.4 Å². The van der Waals surface area contributed by atoms with Gasteiger partial charge in [-0.1, -0.05) is 6.07 Å². The lowest BCUT2D eigenvalue weighted by molar-refractivity contribution is 0.0950. The molecular formula is C15H21N3O3S. The maximum absolute atomic E-state index is 12.2. The second-order valence-corrected chi connectivity index (χ2v) is 7.81. The van der Waals surface area contributed by atoms with Gasteiger partial charge in [-0.3, -0.25) is 9.10 Å². The van der Waals surface area contributed by atoms with E-state index in [1.807, 2.05) is 0 Å². The molecule has 6 nitrogen and oxygen atoms in total. The van der Waals surface area contributed by atoms with E-state index in [0.29, 0.717) is 36.8 Å². The second kappa shape index (κ2) is 6.26. The average molecular weight is 323 g/mol. The number of nitrogens with one attached hydrogen (secondary N) is 2. The van der Waals surface area contributed by atoms with Crippen LogP contribution in [0, 0.1) is 0 Å². The molecule has 0 aliphatic carbocycles. The number of hydrogen-bond acceptors (Lipinski definition) is 4. The molecule has 2 fully saturated rings. The maximum Gasteiger partial charge on any atom is 0.251 e. The molecule has 0 aromatic heterocycles. The number of carbonyl (C=O) groups excluding carboxylic acids is 1. The largest absolute Gasteiger partial charge is 0.350 e. The van der Waals surface area contributed by atoms with Crippen molar-refractivity contribution < 1.29 is 13.2 Å². The van der Waals surface area contributed by atoms with Crippen molar-refractivity contribution in [1.82, 2.24) is 10.6 Å². The zero-order valence-electron chi connectivity index (χ0n) is 12.4. The Bertz CT molecular complexity index is 654. The fourth-order valence-corrected chi connectivity index (χ4v) is 4.54. The number of benzene rings is 1. The minimum Gasteiger partial charge on any atom is -0.350 e. The highest BCUT2D eigenvalue weighted by molar-refractivity contribution is 7.93. The lowest BCUT2D eigenvalue weighted by atomic mass is 10.1. The first-order valence-electron chi connectivity index (χ1n) is 7.68. The Balaban J connectivity index is 1.69. The van der Waals surface area contributed by atoms with E-state index < -0.39 is 10.0 Å². The molecule has 120 valence electrons. The van der Waals surface area contributed by atoms with Crippen LogP contribution in [0.25, 0.3) is 0 Å². The van der Waals surface area contributed by atoms with Crippen molar-refractivity contribution in [3.8, 4) is 0 Å². The van der Waals surface area contributed by atoms with Crippen LogP contribution in [0.15, 0.2) is 24.3 Å². The van der Waals surface area contributed by atoms with Crippen LogP contribution in [0.3, 0.4) is 0 Å². The number of anilines is 1. The highest BCUT2D eigenvalue weighted by atomic mass is 32.2. The minimum atomic E-state index is -3.22. The first-order chi connectivity index (χ1) is 10.6. The summed E-state index contributed by atoms with van der Waals surface area (Å²) >= 11 is 0. The highest BCUT2D eigenvalue weighted by Gasteiger charge is 2.28. The summed E-state index contributed by atoms with van der Waals surface area (Å²) < 4.78 is 25.3. The van der Waals surface area contributed by atoms with Gasteiger partial charge in [-0.25, -0.2) is 8.42 Å². The molecular weight excluding hydrogens is 302 g/mol. The van der Waals surface area contributed by atoms with E-state index in [-0.39, 0.29) is 11.7 Å². The van der Waals surface area contributed by atoms with Gasteiger partial charge in [0.25, 0.3) is 5.91 Å². The second-order valence-electron chi connectivity index (χ2n) is 5.80. The molecule has 22 heavy (non-hydrogen) atoms. The zero-order chi connectivity index (χ0) is 15.6. The summed E-state index contributed by atoms with van der Waals surface area (Å²) in [6.07, 6.45) is 2.85. The molecule has 3 rings (SSSR count). The van der Waals surface area contributed by atoms with Gasteiger partial charge >= 0.3 is 0 Å². The Hall–Kier alpha value is -1.60. The summed E-state index contributed by atoms with van der Waals surface area (Å²) in [5.41, 5.74) is 1.07. The summed E-state index contributed by atoms with van der Waals surface area (Å²) in [5, 5.41) is 6.24. The lowest BCUT2D eigenvalue weighted by Gasteiger charge is -2.18. The Kier molecular flexibility index (Phi) is 4.35. The molecule has 2 aliphatic rings. The molecule has 1 aromatic carbocycles. The summed E-state index contributed by atoms with van der Waals surface area (Å²) in [4.78, 5) is 12.2. The zero-order valence-corrected chi connectivity index (χ0v) is 13.2. The van der Waals surface area contributed by atoms with Gasteiger partial charge in [0.2, 0.25) is 10.0 Å². The predicted molar refractivity (Wildman–Crippen MR) is 85.5 cm³/mol. The standard InChI is InChI=1S/C15H21N3O3S/c19-15(17-11-13-5-2-7-16-13)12-4-1-6-14(10-12)18-8-3-9-22(18,20)21/h1,4,6,10,13,16H,2-3,5,7-9,11H2,(H,17,19). The van der Waals surface area contributed by atoms with E-state index in [1.165, 1.54) is 4.31 Å². The van der Waals surface area contributed by atoms with Crippen molar-refractivity contribution in [1.29, 1.82) is 0 Å². The molecule has 2 N–H and O–H groups in total. The van der Waals surface area contributed by atoms with Crippen molar-refractivity contribution in [2.45, 2.75) is 25.3 Å². The monoisotopic (exact) mass is 323 g/mol. The third-order valence-corrected chi connectivity index (χ3v) is 6.04. The summed E-state index contributed by atoms with van der Waals surface area (Å²) in [6, 6.07) is 7.17. The van der Waals surface area contributed by atoms with Crippen LogP contribution in [0.4, 0.5) is 5.69 Å². The summed E-state index contributed by atoms with van der Waals surface area (Å²) in [5.74, 6) is 0.0173. The molecule has 0 spiro atoms. The van der Waals surface area contributed by atoms with Gasteiger partial charge in [0.15, 0.2) is 0 Å². The topological polar surface area (TPSA) is 78.5 Å². The van der Waals surface area contributed by atoms with Gasteiger partial charge in [-0.2, -0.15) is 0 Å². The molecule has 2 saturated heterocycles. The van der Waals surface area contributed by atoms with Crippen LogP contribution >= 0.6 is 0 Å². The van der Waals surface area contributed by atoms with Gasteiger partial charge in [0.05, 0.1) is 11.4 Å². The highest BCUT2D eigenvalue weighted by Crippen LogP contribution is 2.24. The van der Waals surface area contributed by atoms with Crippen LogP contribution in [0.2, 0.25) is 0 Å². The third-order valence-electron chi connectivity index (χ3n) is 4.17. The number of carbonyl (C=O) groups is 1. The SMILES string of the molecule is O=C(NCC1CCCN1)c1cccc(N2CCCS2(=O)=O)c1. The Labute approximate surface area is 130 Å². The summed E-state index contributed by atoms with van der Waals surface area (Å²) in [7, 11) is -3.22.